The molecular weight excluding hydrogens is 477 g/mol. The summed E-state index contributed by atoms with van der Waals surface area (Å²) in [5.41, 5.74) is 7.58. The van der Waals surface area contributed by atoms with Crippen molar-refractivity contribution in [1.82, 2.24) is 25.1 Å². The van der Waals surface area contributed by atoms with Crippen LogP contribution in [-0.2, 0) is 12.7 Å². The number of thiazole rings is 1. The maximum absolute atomic E-state index is 13.7. The lowest BCUT2D eigenvalue weighted by Gasteiger charge is -2.33. The number of hydrogen-bond donors (Lipinski definition) is 2. The molecule has 3 aromatic rings. The van der Waals surface area contributed by atoms with Gasteiger partial charge >= 0.3 is 6.18 Å². The van der Waals surface area contributed by atoms with Crippen molar-refractivity contribution in [2.24, 2.45) is 5.73 Å². The molecule has 0 aliphatic carbocycles. The number of likely N-dealkylation sites (N-methyl/N-ethyl adjacent to an activating group) is 1. The van der Waals surface area contributed by atoms with Crippen LogP contribution in [0, 0.1) is 0 Å². The van der Waals surface area contributed by atoms with Gasteiger partial charge in [-0.1, -0.05) is 24.3 Å². The van der Waals surface area contributed by atoms with Crippen molar-refractivity contribution in [3.8, 4) is 11.1 Å². The Morgan fingerprint density at radius 3 is 2.60 bits per heavy atom. The Balaban J connectivity index is 1.46. The molecule has 35 heavy (non-hydrogen) atoms. The number of nitrogens with zero attached hydrogens (tertiary/aromatic N) is 4. The zero-order valence-electron chi connectivity index (χ0n) is 19.3. The lowest BCUT2D eigenvalue weighted by molar-refractivity contribution is -0.141. The first-order valence-corrected chi connectivity index (χ1v) is 12.0. The molecule has 2 aromatic heterocycles. The van der Waals surface area contributed by atoms with Gasteiger partial charge in [0.25, 0.3) is 5.91 Å². The predicted octanol–water partition coefficient (Wildman–Crippen LogP) is 3.40. The SMILES string of the molecule is CN1CCN(CC(N)c2nc(C(F)(F)F)c(C(=O)NCc3cccc(-c4cccnc4)c3)s2)CC1. The molecule has 1 atom stereocenters. The molecule has 7 nitrogen and oxygen atoms in total. The first-order chi connectivity index (χ1) is 16.7. The minimum atomic E-state index is -4.75. The number of piperazine rings is 1. The Labute approximate surface area is 205 Å². The first kappa shape index (κ1) is 25.2. The van der Waals surface area contributed by atoms with Crippen LogP contribution in [0.25, 0.3) is 11.1 Å². The fraction of sp³-hybridized carbons (Fsp3) is 0.375. The fourth-order valence-corrected chi connectivity index (χ4v) is 4.88. The van der Waals surface area contributed by atoms with Crippen molar-refractivity contribution in [1.29, 1.82) is 0 Å². The Bertz CT molecular complexity index is 1150. The summed E-state index contributed by atoms with van der Waals surface area (Å²) in [6, 6.07) is 10.4. The molecule has 186 valence electrons. The number of pyridine rings is 1. The zero-order valence-corrected chi connectivity index (χ0v) is 20.1. The summed E-state index contributed by atoms with van der Waals surface area (Å²) in [5.74, 6) is -0.820. The van der Waals surface area contributed by atoms with E-state index in [1.807, 2.05) is 37.4 Å². The Hall–Kier alpha value is -2.86. The van der Waals surface area contributed by atoms with Crippen LogP contribution in [0.3, 0.4) is 0 Å². The summed E-state index contributed by atoms with van der Waals surface area (Å²) >= 11 is 0.713. The van der Waals surface area contributed by atoms with E-state index in [-0.39, 0.29) is 11.6 Å². The van der Waals surface area contributed by atoms with Gasteiger partial charge in [-0.15, -0.1) is 11.3 Å². The van der Waals surface area contributed by atoms with E-state index in [4.69, 9.17) is 5.73 Å². The summed E-state index contributed by atoms with van der Waals surface area (Å²) < 4.78 is 41.1. The molecule has 0 bridgehead atoms. The number of halogens is 3. The monoisotopic (exact) mass is 504 g/mol. The van der Waals surface area contributed by atoms with E-state index >= 15 is 0 Å². The summed E-state index contributed by atoms with van der Waals surface area (Å²) in [5, 5.41) is 2.72. The number of nitrogens with two attached hydrogens (primary N) is 1. The van der Waals surface area contributed by atoms with Gasteiger partial charge in [0.15, 0.2) is 5.69 Å². The van der Waals surface area contributed by atoms with Crippen LogP contribution in [0.1, 0.15) is 32.0 Å². The maximum Gasteiger partial charge on any atom is 0.435 e. The van der Waals surface area contributed by atoms with Crippen molar-refractivity contribution >= 4 is 17.2 Å². The van der Waals surface area contributed by atoms with Gasteiger partial charge < -0.3 is 16.0 Å². The molecule has 0 radical (unpaired) electrons. The van der Waals surface area contributed by atoms with Gasteiger partial charge in [-0.05, 0) is 35.9 Å². The molecular formula is C24H27F3N6OS. The highest BCUT2D eigenvalue weighted by molar-refractivity contribution is 7.13. The number of amides is 1. The molecule has 1 amide bonds. The Morgan fingerprint density at radius 1 is 1.17 bits per heavy atom. The molecule has 1 fully saturated rings. The Morgan fingerprint density at radius 2 is 1.91 bits per heavy atom. The molecule has 1 aliphatic rings. The maximum atomic E-state index is 13.7. The smallest absolute Gasteiger partial charge is 0.347 e. The molecule has 4 rings (SSSR count). The number of carbonyl (C=O) groups excluding carboxylic acids is 1. The van der Waals surface area contributed by atoms with Gasteiger partial charge in [0.2, 0.25) is 0 Å². The largest absolute Gasteiger partial charge is 0.435 e. The molecule has 1 aromatic carbocycles. The third-order valence-electron chi connectivity index (χ3n) is 5.86. The van der Waals surface area contributed by atoms with Crippen LogP contribution < -0.4 is 11.1 Å². The average Bonchev–Trinajstić information content (AvgIpc) is 3.31. The lowest BCUT2D eigenvalue weighted by atomic mass is 10.0. The van der Waals surface area contributed by atoms with Gasteiger partial charge in [-0.25, -0.2) is 4.98 Å². The number of carbonyl (C=O) groups is 1. The fourth-order valence-electron chi connectivity index (χ4n) is 3.88. The second-order valence-corrected chi connectivity index (χ2v) is 9.59. The standard InChI is InChI=1S/C24H27F3N6OS/c1-32-8-10-33(11-9-32)15-19(28)23-31-21(24(25,26)27)20(35-23)22(34)30-13-16-4-2-5-17(12-16)18-6-3-7-29-14-18/h2-7,12,14,19H,8-11,13,15,28H2,1H3,(H,30,34). The summed E-state index contributed by atoms with van der Waals surface area (Å²) in [7, 11) is 2.02. The average molecular weight is 505 g/mol. The molecule has 1 saturated heterocycles. The predicted molar refractivity (Wildman–Crippen MR) is 129 cm³/mol. The number of benzene rings is 1. The lowest BCUT2D eigenvalue weighted by Crippen LogP contribution is -2.46. The molecule has 0 saturated carbocycles. The third-order valence-corrected chi connectivity index (χ3v) is 7.05. The van der Waals surface area contributed by atoms with E-state index in [1.54, 1.807) is 18.5 Å². The molecule has 1 unspecified atom stereocenters. The van der Waals surface area contributed by atoms with E-state index in [0.717, 1.165) is 42.9 Å². The highest BCUT2D eigenvalue weighted by Gasteiger charge is 2.40. The van der Waals surface area contributed by atoms with Crippen LogP contribution >= 0.6 is 11.3 Å². The van der Waals surface area contributed by atoms with Crippen LogP contribution in [0.2, 0.25) is 0 Å². The van der Waals surface area contributed by atoms with E-state index in [9.17, 15) is 18.0 Å². The zero-order chi connectivity index (χ0) is 25.0. The van der Waals surface area contributed by atoms with Gasteiger partial charge in [0.05, 0.1) is 6.04 Å². The quantitative estimate of drug-likeness (QED) is 0.513. The number of rotatable bonds is 7. The van der Waals surface area contributed by atoms with Gasteiger partial charge in [0.1, 0.15) is 9.88 Å². The van der Waals surface area contributed by atoms with Crippen molar-refractivity contribution in [2.75, 3.05) is 39.8 Å². The van der Waals surface area contributed by atoms with Crippen molar-refractivity contribution < 1.29 is 18.0 Å². The highest BCUT2D eigenvalue weighted by Crippen LogP contribution is 2.36. The van der Waals surface area contributed by atoms with Crippen LogP contribution in [0.4, 0.5) is 13.2 Å². The third kappa shape index (κ3) is 6.43. The van der Waals surface area contributed by atoms with Gasteiger partial charge in [-0.2, -0.15) is 13.2 Å². The van der Waals surface area contributed by atoms with Crippen LogP contribution in [0.15, 0.2) is 48.8 Å². The molecule has 3 N–H and O–H groups in total. The first-order valence-electron chi connectivity index (χ1n) is 11.2. The number of hydrogen-bond acceptors (Lipinski definition) is 7. The van der Waals surface area contributed by atoms with E-state index < -0.39 is 28.7 Å². The normalized spacial score (nSPS) is 16.3. The van der Waals surface area contributed by atoms with Crippen molar-refractivity contribution in [3.05, 3.63) is 69.9 Å². The van der Waals surface area contributed by atoms with E-state index in [0.29, 0.717) is 17.9 Å². The second-order valence-electron chi connectivity index (χ2n) is 8.56. The molecule has 1 aliphatic heterocycles. The molecule has 11 heteroatoms. The van der Waals surface area contributed by atoms with Gasteiger partial charge in [-0.3, -0.25) is 14.7 Å². The minimum Gasteiger partial charge on any atom is -0.347 e. The van der Waals surface area contributed by atoms with E-state index in [1.165, 1.54) is 0 Å². The Kier molecular flexibility index (Phi) is 7.80. The summed E-state index contributed by atoms with van der Waals surface area (Å²) in [4.78, 5) is 24.5. The summed E-state index contributed by atoms with van der Waals surface area (Å²) in [6.45, 7) is 3.77. The topological polar surface area (TPSA) is 87.4 Å². The van der Waals surface area contributed by atoms with Crippen molar-refractivity contribution in [2.45, 2.75) is 18.8 Å². The number of alkyl halides is 3. The van der Waals surface area contributed by atoms with Crippen LogP contribution in [0.5, 0.6) is 0 Å². The van der Waals surface area contributed by atoms with Crippen molar-refractivity contribution in [3.63, 3.8) is 0 Å². The van der Waals surface area contributed by atoms with Gasteiger partial charge in [0, 0.05) is 51.7 Å². The molecule has 3 heterocycles. The van der Waals surface area contributed by atoms with E-state index in [2.05, 4.69) is 25.1 Å². The second kappa shape index (κ2) is 10.8. The number of aromatic nitrogens is 2. The highest BCUT2D eigenvalue weighted by atomic mass is 32.1. The number of nitrogens with one attached hydrogen (secondary N) is 1. The minimum absolute atomic E-state index is 0.0742. The molecule has 0 spiro atoms. The summed E-state index contributed by atoms with van der Waals surface area (Å²) in [6.07, 6.45) is -1.36. The van der Waals surface area contributed by atoms with Crippen LogP contribution in [-0.4, -0.2) is 65.4 Å².